The van der Waals surface area contributed by atoms with Crippen LogP contribution in [0.2, 0.25) is 0 Å². The summed E-state index contributed by atoms with van der Waals surface area (Å²) in [5.41, 5.74) is 2.12. The molecule has 7 heteroatoms. The molecule has 0 amide bonds. The smallest absolute Gasteiger partial charge is 0.191 e. The molecule has 0 aliphatic heterocycles. The van der Waals surface area contributed by atoms with Crippen LogP contribution in [0, 0.1) is 5.82 Å². The van der Waals surface area contributed by atoms with Crippen LogP contribution in [0.15, 0.2) is 53.5 Å². The third-order valence-electron chi connectivity index (χ3n) is 4.28. The van der Waals surface area contributed by atoms with Gasteiger partial charge in [-0.05, 0) is 44.8 Å². The van der Waals surface area contributed by atoms with E-state index in [1.807, 2.05) is 57.4 Å². The fourth-order valence-corrected chi connectivity index (χ4v) is 2.82. The number of nitrogens with zero attached hydrogens (tertiary/aromatic N) is 2. The van der Waals surface area contributed by atoms with Crippen molar-refractivity contribution < 1.29 is 9.13 Å². The van der Waals surface area contributed by atoms with Crippen molar-refractivity contribution in [2.24, 2.45) is 4.99 Å². The number of aliphatic imine (C=N–C) groups is 1. The molecule has 0 bridgehead atoms. The number of halogens is 2. The molecule has 0 spiro atoms. The van der Waals surface area contributed by atoms with Crippen LogP contribution in [0.5, 0.6) is 5.75 Å². The van der Waals surface area contributed by atoms with Crippen LogP contribution < -0.4 is 15.4 Å². The van der Waals surface area contributed by atoms with E-state index in [2.05, 4.69) is 20.5 Å². The maximum absolute atomic E-state index is 13.2. The third-order valence-corrected chi connectivity index (χ3v) is 4.28. The monoisotopic (exact) mass is 500 g/mol. The third kappa shape index (κ3) is 7.27. The molecular weight excluding hydrogens is 470 g/mol. The van der Waals surface area contributed by atoms with Crippen molar-refractivity contribution in [1.82, 2.24) is 15.5 Å². The summed E-state index contributed by atoms with van der Waals surface area (Å²) in [5, 5.41) is 6.67. The van der Waals surface area contributed by atoms with Crippen molar-refractivity contribution in [1.29, 1.82) is 0 Å². The van der Waals surface area contributed by atoms with Gasteiger partial charge in [-0.2, -0.15) is 0 Å². The van der Waals surface area contributed by atoms with Crippen LogP contribution in [0.25, 0.3) is 0 Å². The molecule has 28 heavy (non-hydrogen) atoms. The zero-order chi connectivity index (χ0) is 19.6. The first-order valence-electron chi connectivity index (χ1n) is 9.12. The molecule has 2 N–H and O–H groups in total. The molecule has 2 aromatic rings. The van der Waals surface area contributed by atoms with Crippen molar-refractivity contribution in [3.63, 3.8) is 0 Å². The van der Waals surface area contributed by atoms with Crippen molar-refractivity contribution in [2.45, 2.75) is 19.5 Å². The minimum Gasteiger partial charge on any atom is -0.494 e. The summed E-state index contributed by atoms with van der Waals surface area (Å²) in [7, 11) is 5.75. The standard InChI is InChI=1S/C21H29FN4O.HI/c1-5-27-20-9-7-6-8-17(20)14-24-21(23-2)25-15-19(26(3)4)16-10-12-18(22)13-11-16;/h6-13,19H,5,14-15H2,1-4H3,(H2,23,24,25);1H. The second kappa shape index (κ2) is 12.6. The molecule has 2 rings (SSSR count). The molecule has 154 valence electrons. The van der Waals surface area contributed by atoms with E-state index in [0.717, 1.165) is 16.9 Å². The molecule has 2 aromatic carbocycles. The van der Waals surface area contributed by atoms with Gasteiger partial charge in [0.25, 0.3) is 0 Å². The lowest BCUT2D eigenvalue weighted by molar-refractivity contribution is 0.298. The number of ether oxygens (including phenoxy) is 1. The molecule has 1 atom stereocenters. The van der Waals surface area contributed by atoms with Gasteiger partial charge in [0.05, 0.1) is 12.6 Å². The highest BCUT2D eigenvalue weighted by atomic mass is 127. The maximum Gasteiger partial charge on any atom is 0.191 e. The Morgan fingerprint density at radius 2 is 1.79 bits per heavy atom. The average Bonchev–Trinajstić information content (AvgIpc) is 2.67. The van der Waals surface area contributed by atoms with E-state index < -0.39 is 0 Å². The lowest BCUT2D eigenvalue weighted by Gasteiger charge is -2.26. The van der Waals surface area contributed by atoms with E-state index >= 15 is 0 Å². The first-order valence-corrected chi connectivity index (χ1v) is 9.12. The molecule has 5 nitrogen and oxygen atoms in total. The minimum atomic E-state index is -0.227. The topological polar surface area (TPSA) is 48.9 Å². The molecule has 0 aliphatic carbocycles. The average molecular weight is 500 g/mol. The summed E-state index contributed by atoms with van der Waals surface area (Å²) in [5.74, 6) is 1.35. The van der Waals surface area contributed by atoms with E-state index in [0.29, 0.717) is 25.7 Å². The van der Waals surface area contributed by atoms with Gasteiger partial charge in [-0.1, -0.05) is 30.3 Å². The van der Waals surface area contributed by atoms with Gasteiger partial charge in [-0.25, -0.2) is 4.39 Å². The number of hydrogen-bond acceptors (Lipinski definition) is 3. The quantitative estimate of drug-likeness (QED) is 0.329. The minimum absolute atomic E-state index is 0. The molecule has 0 radical (unpaired) electrons. The van der Waals surface area contributed by atoms with Gasteiger partial charge in [0, 0.05) is 25.7 Å². The Morgan fingerprint density at radius 1 is 1.11 bits per heavy atom. The van der Waals surface area contributed by atoms with Gasteiger partial charge in [-0.15, -0.1) is 24.0 Å². The van der Waals surface area contributed by atoms with Crippen molar-refractivity contribution in [2.75, 3.05) is 34.3 Å². The second-order valence-electron chi connectivity index (χ2n) is 6.38. The Labute approximate surface area is 184 Å². The van der Waals surface area contributed by atoms with Crippen LogP contribution in [0.3, 0.4) is 0 Å². The molecule has 1 unspecified atom stereocenters. The number of benzene rings is 2. The fourth-order valence-electron chi connectivity index (χ4n) is 2.82. The van der Waals surface area contributed by atoms with Crippen molar-refractivity contribution >= 4 is 29.9 Å². The van der Waals surface area contributed by atoms with Gasteiger partial charge in [0.2, 0.25) is 0 Å². The maximum atomic E-state index is 13.2. The van der Waals surface area contributed by atoms with Crippen LogP contribution in [-0.2, 0) is 6.54 Å². The van der Waals surface area contributed by atoms with Crippen LogP contribution in [0.4, 0.5) is 4.39 Å². The first-order chi connectivity index (χ1) is 13.0. The zero-order valence-corrected chi connectivity index (χ0v) is 19.2. The van der Waals surface area contributed by atoms with E-state index in [1.165, 1.54) is 12.1 Å². The Morgan fingerprint density at radius 3 is 2.39 bits per heavy atom. The van der Waals surface area contributed by atoms with Crippen molar-refractivity contribution in [3.8, 4) is 5.75 Å². The summed E-state index contributed by atoms with van der Waals surface area (Å²) in [6.45, 7) is 3.86. The first kappa shape index (κ1) is 24.2. The summed E-state index contributed by atoms with van der Waals surface area (Å²) in [6.07, 6.45) is 0. The Bertz CT molecular complexity index is 737. The van der Waals surface area contributed by atoms with Crippen LogP contribution in [-0.4, -0.2) is 45.2 Å². The predicted octanol–water partition coefficient (Wildman–Crippen LogP) is 3.81. The SMILES string of the molecule is CCOc1ccccc1CNC(=NC)NCC(c1ccc(F)cc1)N(C)C.I. The lowest BCUT2D eigenvalue weighted by Crippen LogP contribution is -2.41. The number of guanidine groups is 1. The largest absolute Gasteiger partial charge is 0.494 e. The number of hydrogen-bond donors (Lipinski definition) is 2. The predicted molar refractivity (Wildman–Crippen MR) is 124 cm³/mol. The number of likely N-dealkylation sites (N-methyl/N-ethyl adjacent to an activating group) is 1. The highest BCUT2D eigenvalue weighted by Gasteiger charge is 2.15. The number of rotatable bonds is 8. The van der Waals surface area contributed by atoms with Crippen LogP contribution in [0.1, 0.15) is 24.1 Å². The molecule has 0 saturated heterocycles. The highest BCUT2D eigenvalue weighted by molar-refractivity contribution is 14.0. The molecule has 0 aromatic heterocycles. The molecule has 0 heterocycles. The lowest BCUT2D eigenvalue weighted by atomic mass is 10.1. The summed E-state index contributed by atoms with van der Waals surface area (Å²) in [6, 6.07) is 14.7. The van der Waals surface area contributed by atoms with Gasteiger partial charge in [0.15, 0.2) is 5.96 Å². The normalized spacial score (nSPS) is 12.3. The Kier molecular flexibility index (Phi) is 10.8. The summed E-state index contributed by atoms with van der Waals surface area (Å²) >= 11 is 0. The van der Waals surface area contributed by atoms with E-state index in [-0.39, 0.29) is 35.8 Å². The van der Waals surface area contributed by atoms with Gasteiger partial charge >= 0.3 is 0 Å². The van der Waals surface area contributed by atoms with Crippen molar-refractivity contribution in [3.05, 3.63) is 65.5 Å². The zero-order valence-electron chi connectivity index (χ0n) is 16.9. The van der Waals surface area contributed by atoms with Gasteiger partial charge < -0.3 is 20.3 Å². The Balaban J connectivity index is 0.00000392. The fraction of sp³-hybridized carbons (Fsp3) is 0.381. The summed E-state index contributed by atoms with van der Waals surface area (Å²) < 4.78 is 18.9. The Hall–Kier alpha value is -1.87. The van der Waals surface area contributed by atoms with Gasteiger partial charge in [-0.3, -0.25) is 4.99 Å². The molecular formula is C21H30FIN4O. The van der Waals surface area contributed by atoms with E-state index in [1.54, 1.807) is 7.05 Å². The van der Waals surface area contributed by atoms with E-state index in [4.69, 9.17) is 4.74 Å². The molecule has 0 saturated carbocycles. The number of nitrogens with one attached hydrogen (secondary N) is 2. The highest BCUT2D eigenvalue weighted by Crippen LogP contribution is 2.18. The van der Waals surface area contributed by atoms with Crippen LogP contribution >= 0.6 is 24.0 Å². The van der Waals surface area contributed by atoms with Gasteiger partial charge in [0.1, 0.15) is 11.6 Å². The summed E-state index contributed by atoms with van der Waals surface area (Å²) in [4.78, 5) is 6.39. The van der Waals surface area contributed by atoms with E-state index in [9.17, 15) is 4.39 Å². The number of para-hydroxylation sites is 1. The molecule has 0 aliphatic rings. The second-order valence-corrected chi connectivity index (χ2v) is 6.38. The molecule has 0 fully saturated rings.